The van der Waals surface area contributed by atoms with Crippen molar-refractivity contribution in [2.24, 2.45) is 5.92 Å². The second-order valence-electron chi connectivity index (χ2n) is 4.99. The van der Waals surface area contributed by atoms with E-state index in [0.29, 0.717) is 13.0 Å². The molecule has 2 aromatic rings. The number of carbonyl (C=O) groups excluding carboxylic acids is 1. The van der Waals surface area contributed by atoms with Crippen LogP contribution in [0.25, 0.3) is 11.1 Å². The van der Waals surface area contributed by atoms with Gasteiger partial charge in [0.05, 0.1) is 0 Å². The topological polar surface area (TPSA) is 20.3 Å². The minimum absolute atomic E-state index is 0.0304. The van der Waals surface area contributed by atoms with Crippen LogP contribution in [0.15, 0.2) is 54.6 Å². The lowest BCUT2D eigenvalue weighted by molar-refractivity contribution is -0.117. The largest absolute Gasteiger partial charge is 0.311 e. The molecular weight excluding hydrogens is 246 g/mol. The Morgan fingerprint density at radius 2 is 1.80 bits per heavy atom. The molecule has 98 valence electrons. The van der Waals surface area contributed by atoms with E-state index in [2.05, 4.69) is 24.1 Å². The zero-order valence-corrected chi connectivity index (χ0v) is 11.1. The van der Waals surface area contributed by atoms with Crippen LogP contribution in [0.4, 0.5) is 5.69 Å². The normalized spacial score (nSPS) is 18.1. The molecule has 3 rings (SSSR count). The average Bonchev–Trinajstić information content (AvgIpc) is 2.89. The molecule has 1 amide bonds. The quantitative estimate of drug-likeness (QED) is 0.759. The number of carbonyl (C=O) groups is 1. The standard InChI is InChI=1S/C18H15NO/c1-2-14-11-18(20)19(13-14)17-10-6-9-16(12-17)15-7-4-3-5-8-15/h1,3-10,12,14H,11,13H2. The Morgan fingerprint density at radius 3 is 2.50 bits per heavy atom. The number of anilines is 1. The molecule has 2 heteroatoms. The van der Waals surface area contributed by atoms with Crippen LogP contribution in [0.5, 0.6) is 0 Å². The van der Waals surface area contributed by atoms with Crippen LogP contribution in [-0.2, 0) is 4.79 Å². The van der Waals surface area contributed by atoms with Gasteiger partial charge in [0, 0.05) is 24.6 Å². The van der Waals surface area contributed by atoms with Crippen molar-refractivity contribution in [2.75, 3.05) is 11.4 Å². The maximum Gasteiger partial charge on any atom is 0.228 e. The first kappa shape index (κ1) is 12.5. The molecule has 20 heavy (non-hydrogen) atoms. The molecule has 1 fully saturated rings. The molecule has 0 saturated carbocycles. The zero-order valence-electron chi connectivity index (χ0n) is 11.1. The summed E-state index contributed by atoms with van der Waals surface area (Å²) in [5.74, 6) is 2.82. The molecule has 1 aliphatic rings. The minimum Gasteiger partial charge on any atom is -0.311 e. The van der Waals surface area contributed by atoms with E-state index in [1.807, 2.05) is 36.4 Å². The molecule has 1 aliphatic heterocycles. The SMILES string of the molecule is C#CC1CC(=O)N(c2cccc(-c3ccccc3)c2)C1. The number of nitrogens with zero attached hydrogens (tertiary/aromatic N) is 1. The Kier molecular flexibility index (Phi) is 3.26. The van der Waals surface area contributed by atoms with Crippen LogP contribution in [0.1, 0.15) is 6.42 Å². The van der Waals surface area contributed by atoms with Crippen molar-refractivity contribution in [1.29, 1.82) is 0 Å². The first-order valence-corrected chi connectivity index (χ1v) is 6.70. The van der Waals surface area contributed by atoms with Gasteiger partial charge in [0.25, 0.3) is 0 Å². The van der Waals surface area contributed by atoms with Gasteiger partial charge in [-0.05, 0) is 23.3 Å². The van der Waals surface area contributed by atoms with E-state index in [1.165, 1.54) is 0 Å². The van der Waals surface area contributed by atoms with Crippen LogP contribution < -0.4 is 4.90 Å². The maximum absolute atomic E-state index is 12.0. The minimum atomic E-state index is 0.0304. The molecule has 2 aromatic carbocycles. The third-order valence-corrected chi connectivity index (χ3v) is 3.63. The fraction of sp³-hybridized carbons (Fsp3) is 0.167. The molecular formula is C18H15NO. The lowest BCUT2D eigenvalue weighted by Gasteiger charge is -2.17. The van der Waals surface area contributed by atoms with Crippen LogP contribution >= 0.6 is 0 Å². The molecule has 1 atom stereocenters. The Labute approximate surface area is 119 Å². The highest BCUT2D eigenvalue weighted by Crippen LogP contribution is 2.28. The Hall–Kier alpha value is -2.53. The monoisotopic (exact) mass is 261 g/mol. The van der Waals surface area contributed by atoms with E-state index in [1.54, 1.807) is 4.90 Å². The van der Waals surface area contributed by atoms with Gasteiger partial charge in [0.1, 0.15) is 0 Å². The molecule has 2 nitrogen and oxygen atoms in total. The highest BCUT2D eigenvalue weighted by molar-refractivity contribution is 5.96. The molecule has 0 N–H and O–H groups in total. The zero-order chi connectivity index (χ0) is 13.9. The second-order valence-corrected chi connectivity index (χ2v) is 4.99. The maximum atomic E-state index is 12.0. The van der Waals surface area contributed by atoms with Crippen LogP contribution in [-0.4, -0.2) is 12.5 Å². The summed E-state index contributed by atoms with van der Waals surface area (Å²) < 4.78 is 0. The molecule has 0 bridgehead atoms. The van der Waals surface area contributed by atoms with Crippen molar-refractivity contribution in [1.82, 2.24) is 0 Å². The smallest absolute Gasteiger partial charge is 0.228 e. The summed E-state index contributed by atoms with van der Waals surface area (Å²) in [6, 6.07) is 18.2. The van der Waals surface area contributed by atoms with Gasteiger partial charge in [-0.3, -0.25) is 4.79 Å². The average molecular weight is 261 g/mol. The van der Waals surface area contributed by atoms with Crippen LogP contribution in [0.3, 0.4) is 0 Å². The van der Waals surface area contributed by atoms with Crippen molar-refractivity contribution in [3.63, 3.8) is 0 Å². The first-order chi connectivity index (χ1) is 9.78. The molecule has 1 heterocycles. The Morgan fingerprint density at radius 1 is 1.05 bits per heavy atom. The van der Waals surface area contributed by atoms with Crippen molar-refractivity contribution in [3.8, 4) is 23.5 Å². The van der Waals surface area contributed by atoms with Gasteiger partial charge in [0.15, 0.2) is 0 Å². The van der Waals surface area contributed by atoms with E-state index >= 15 is 0 Å². The van der Waals surface area contributed by atoms with Gasteiger partial charge in [-0.15, -0.1) is 12.3 Å². The Bertz CT molecular complexity index is 669. The number of hydrogen-bond donors (Lipinski definition) is 0. The third kappa shape index (κ3) is 2.31. The van der Waals surface area contributed by atoms with E-state index in [-0.39, 0.29) is 11.8 Å². The van der Waals surface area contributed by atoms with Gasteiger partial charge in [-0.2, -0.15) is 0 Å². The highest BCUT2D eigenvalue weighted by atomic mass is 16.2. The van der Waals surface area contributed by atoms with Gasteiger partial charge in [-0.1, -0.05) is 42.5 Å². The summed E-state index contributed by atoms with van der Waals surface area (Å²) in [5, 5.41) is 0. The predicted octanol–water partition coefficient (Wildman–Crippen LogP) is 3.34. The summed E-state index contributed by atoms with van der Waals surface area (Å²) in [4.78, 5) is 13.8. The number of hydrogen-bond acceptors (Lipinski definition) is 1. The van der Waals surface area contributed by atoms with Gasteiger partial charge < -0.3 is 4.90 Å². The van der Waals surface area contributed by atoms with Crippen molar-refractivity contribution in [3.05, 3.63) is 54.6 Å². The number of rotatable bonds is 2. The lowest BCUT2D eigenvalue weighted by atomic mass is 10.1. The number of amides is 1. The van der Waals surface area contributed by atoms with Crippen molar-refractivity contribution < 1.29 is 4.79 Å². The van der Waals surface area contributed by atoms with E-state index < -0.39 is 0 Å². The van der Waals surface area contributed by atoms with Gasteiger partial charge >= 0.3 is 0 Å². The van der Waals surface area contributed by atoms with E-state index in [4.69, 9.17) is 6.42 Å². The summed E-state index contributed by atoms with van der Waals surface area (Å²) >= 11 is 0. The van der Waals surface area contributed by atoms with Crippen molar-refractivity contribution >= 4 is 11.6 Å². The molecule has 0 radical (unpaired) electrons. The third-order valence-electron chi connectivity index (χ3n) is 3.63. The second kappa shape index (κ2) is 5.22. The fourth-order valence-corrected chi connectivity index (χ4v) is 2.55. The first-order valence-electron chi connectivity index (χ1n) is 6.70. The summed E-state index contributed by atoms with van der Waals surface area (Å²) in [7, 11) is 0. The summed E-state index contributed by atoms with van der Waals surface area (Å²) in [6.45, 7) is 0.619. The molecule has 1 saturated heterocycles. The van der Waals surface area contributed by atoms with E-state index in [9.17, 15) is 4.79 Å². The highest BCUT2D eigenvalue weighted by Gasteiger charge is 2.29. The Balaban J connectivity index is 1.93. The van der Waals surface area contributed by atoms with E-state index in [0.717, 1.165) is 16.8 Å². The lowest BCUT2D eigenvalue weighted by Crippen LogP contribution is -2.24. The van der Waals surface area contributed by atoms with Crippen molar-refractivity contribution in [2.45, 2.75) is 6.42 Å². The molecule has 1 unspecified atom stereocenters. The summed E-state index contributed by atoms with van der Waals surface area (Å²) in [5.41, 5.74) is 3.18. The molecule has 0 spiro atoms. The fourth-order valence-electron chi connectivity index (χ4n) is 2.55. The predicted molar refractivity (Wildman–Crippen MR) is 81.2 cm³/mol. The van der Waals surface area contributed by atoms with Crippen LogP contribution in [0, 0.1) is 18.3 Å². The van der Waals surface area contributed by atoms with Gasteiger partial charge in [0.2, 0.25) is 5.91 Å². The number of benzene rings is 2. The van der Waals surface area contributed by atoms with Gasteiger partial charge in [-0.25, -0.2) is 0 Å². The van der Waals surface area contributed by atoms with Crippen LogP contribution in [0.2, 0.25) is 0 Å². The molecule has 0 aromatic heterocycles. The summed E-state index contributed by atoms with van der Waals surface area (Å²) in [6.07, 6.45) is 5.88. The number of terminal acetylenes is 1. The molecule has 0 aliphatic carbocycles.